The van der Waals surface area contributed by atoms with Gasteiger partial charge >= 0.3 is 5.97 Å². The van der Waals surface area contributed by atoms with Gasteiger partial charge in [0.05, 0.1) is 4.90 Å². The van der Waals surface area contributed by atoms with E-state index in [1.807, 2.05) is 6.92 Å². The molecule has 2 N–H and O–H groups in total. The maximum atomic E-state index is 12.1. The molecule has 0 aliphatic carbocycles. The molecule has 2 heterocycles. The third-order valence-electron chi connectivity index (χ3n) is 3.43. The Morgan fingerprint density at radius 2 is 2.15 bits per heavy atom. The van der Waals surface area contributed by atoms with Gasteiger partial charge in [0.25, 0.3) is 0 Å². The minimum Gasteiger partial charge on any atom is -0.477 e. The Morgan fingerprint density at radius 3 is 2.70 bits per heavy atom. The van der Waals surface area contributed by atoms with Gasteiger partial charge in [0.2, 0.25) is 10.0 Å². The topological polar surface area (TPSA) is 86.7 Å². The molecule has 1 atom stereocenters. The summed E-state index contributed by atoms with van der Waals surface area (Å²) in [5.74, 6) is -1.11. The first-order valence-electron chi connectivity index (χ1n) is 6.45. The van der Waals surface area contributed by atoms with Crippen molar-refractivity contribution in [2.24, 2.45) is 0 Å². The van der Waals surface area contributed by atoms with E-state index in [1.54, 1.807) is 0 Å². The fourth-order valence-corrected chi connectivity index (χ4v) is 4.43. The third-order valence-corrected chi connectivity index (χ3v) is 5.90. The lowest BCUT2D eigenvalue weighted by Gasteiger charge is -2.23. The molecule has 0 saturated carbocycles. The van der Waals surface area contributed by atoms with E-state index in [4.69, 9.17) is 5.11 Å². The SMILES string of the molecule is CC(CNS(=O)(=O)c1csc(C(=O)O)c1)N1CCCC1. The van der Waals surface area contributed by atoms with Gasteiger partial charge in [-0.1, -0.05) is 0 Å². The number of likely N-dealkylation sites (tertiary alicyclic amines) is 1. The minimum absolute atomic E-state index is 0.0218. The van der Waals surface area contributed by atoms with E-state index in [0.29, 0.717) is 6.54 Å². The van der Waals surface area contributed by atoms with Crippen molar-refractivity contribution in [1.82, 2.24) is 9.62 Å². The van der Waals surface area contributed by atoms with Gasteiger partial charge in [-0.2, -0.15) is 0 Å². The van der Waals surface area contributed by atoms with Crippen LogP contribution in [0.4, 0.5) is 0 Å². The predicted octanol–water partition coefficient (Wildman–Crippen LogP) is 1.21. The van der Waals surface area contributed by atoms with Crippen molar-refractivity contribution in [3.8, 4) is 0 Å². The molecule has 1 aromatic heterocycles. The molecule has 1 fully saturated rings. The first-order chi connectivity index (χ1) is 9.40. The first-order valence-corrected chi connectivity index (χ1v) is 8.82. The number of carbonyl (C=O) groups is 1. The average molecular weight is 318 g/mol. The van der Waals surface area contributed by atoms with Crippen LogP contribution in [0.3, 0.4) is 0 Å². The molecule has 1 aliphatic heterocycles. The van der Waals surface area contributed by atoms with Crippen LogP contribution in [-0.2, 0) is 10.0 Å². The number of aromatic carboxylic acids is 1. The van der Waals surface area contributed by atoms with E-state index >= 15 is 0 Å². The lowest BCUT2D eigenvalue weighted by Crippen LogP contribution is -2.40. The van der Waals surface area contributed by atoms with Crippen molar-refractivity contribution >= 4 is 27.3 Å². The van der Waals surface area contributed by atoms with Crippen molar-refractivity contribution in [2.45, 2.75) is 30.7 Å². The summed E-state index contributed by atoms with van der Waals surface area (Å²) in [6.07, 6.45) is 2.31. The second-order valence-electron chi connectivity index (χ2n) is 4.90. The van der Waals surface area contributed by atoms with Gasteiger partial charge < -0.3 is 5.11 Å². The van der Waals surface area contributed by atoms with Crippen LogP contribution < -0.4 is 4.72 Å². The quantitative estimate of drug-likeness (QED) is 0.823. The molecule has 0 aromatic carbocycles. The summed E-state index contributed by atoms with van der Waals surface area (Å²) in [6.45, 7) is 4.33. The molecule has 6 nitrogen and oxygen atoms in total. The van der Waals surface area contributed by atoms with Gasteiger partial charge in [0.15, 0.2) is 0 Å². The van der Waals surface area contributed by atoms with E-state index in [0.717, 1.165) is 37.3 Å². The predicted molar refractivity (Wildman–Crippen MR) is 76.7 cm³/mol. The van der Waals surface area contributed by atoms with Crippen LogP contribution in [0.2, 0.25) is 0 Å². The second-order valence-corrected chi connectivity index (χ2v) is 7.57. The zero-order chi connectivity index (χ0) is 14.8. The van der Waals surface area contributed by atoms with Gasteiger partial charge in [0, 0.05) is 18.0 Å². The highest BCUT2D eigenvalue weighted by molar-refractivity contribution is 7.89. The highest BCUT2D eigenvalue weighted by Gasteiger charge is 2.22. The Kier molecular flexibility index (Phi) is 4.79. The van der Waals surface area contributed by atoms with Crippen molar-refractivity contribution in [2.75, 3.05) is 19.6 Å². The van der Waals surface area contributed by atoms with Crippen LogP contribution in [0.15, 0.2) is 16.3 Å². The largest absolute Gasteiger partial charge is 0.477 e. The third kappa shape index (κ3) is 3.57. The van der Waals surface area contributed by atoms with E-state index in [1.165, 1.54) is 11.4 Å². The second kappa shape index (κ2) is 6.21. The van der Waals surface area contributed by atoms with Crippen LogP contribution >= 0.6 is 11.3 Å². The maximum absolute atomic E-state index is 12.1. The number of carboxylic acid groups (broad SMARTS) is 1. The summed E-state index contributed by atoms with van der Waals surface area (Å²) in [6, 6.07) is 1.33. The number of hydrogen-bond acceptors (Lipinski definition) is 5. The van der Waals surface area contributed by atoms with Gasteiger partial charge in [-0.3, -0.25) is 4.90 Å². The van der Waals surface area contributed by atoms with Gasteiger partial charge in [-0.05, 0) is 38.9 Å². The Labute approximate surface area is 122 Å². The molecule has 0 amide bonds. The van der Waals surface area contributed by atoms with Crippen LogP contribution in [0.5, 0.6) is 0 Å². The number of hydrogen-bond donors (Lipinski definition) is 2. The van der Waals surface area contributed by atoms with Crippen molar-refractivity contribution in [3.05, 3.63) is 16.3 Å². The number of nitrogens with zero attached hydrogens (tertiary/aromatic N) is 1. The molecule has 1 unspecified atom stereocenters. The van der Waals surface area contributed by atoms with Crippen molar-refractivity contribution in [1.29, 1.82) is 0 Å². The van der Waals surface area contributed by atoms with E-state index < -0.39 is 16.0 Å². The maximum Gasteiger partial charge on any atom is 0.345 e. The molecule has 0 bridgehead atoms. The van der Waals surface area contributed by atoms with Gasteiger partial charge in [-0.25, -0.2) is 17.9 Å². The molecule has 1 aliphatic rings. The summed E-state index contributed by atoms with van der Waals surface area (Å²) in [4.78, 5) is 13.1. The van der Waals surface area contributed by atoms with Crippen LogP contribution in [0.25, 0.3) is 0 Å². The molecule has 112 valence electrons. The molecular weight excluding hydrogens is 300 g/mol. The van der Waals surface area contributed by atoms with Crippen molar-refractivity contribution in [3.63, 3.8) is 0 Å². The molecule has 2 rings (SSSR count). The number of nitrogens with one attached hydrogen (secondary N) is 1. The standard InChI is InChI=1S/C12H18N2O4S2/c1-9(14-4-2-3-5-14)7-13-20(17,18)10-6-11(12(15)16)19-8-10/h6,8-9,13H,2-5,7H2,1H3,(H,15,16). The van der Waals surface area contributed by atoms with E-state index in [-0.39, 0.29) is 15.8 Å². The fourth-order valence-electron chi connectivity index (χ4n) is 2.20. The highest BCUT2D eigenvalue weighted by atomic mass is 32.2. The number of rotatable bonds is 6. The lowest BCUT2D eigenvalue weighted by molar-refractivity contribution is 0.0702. The first kappa shape index (κ1) is 15.4. The number of thiophene rings is 1. The molecular formula is C12H18N2O4S2. The average Bonchev–Trinajstić information content (AvgIpc) is 3.06. The monoisotopic (exact) mass is 318 g/mol. The van der Waals surface area contributed by atoms with E-state index in [9.17, 15) is 13.2 Å². The number of carboxylic acids is 1. The minimum atomic E-state index is -3.63. The normalized spacial score (nSPS) is 18.2. The number of sulfonamides is 1. The van der Waals surface area contributed by atoms with Crippen LogP contribution in [0.1, 0.15) is 29.4 Å². The van der Waals surface area contributed by atoms with Crippen molar-refractivity contribution < 1.29 is 18.3 Å². The lowest BCUT2D eigenvalue weighted by atomic mass is 10.3. The molecule has 0 radical (unpaired) electrons. The summed E-state index contributed by atoms with van der Waals surface area (Å²) < 4.78 is 26.7. The molecule has 1 aromatic rings. The van der Waals surface area contributed by atoms with Crippen LogP contribution in [0, 0.1) is 0 Å². The smallest absolute Gasteiger partial charge is 0.345 e. The van der Waals surface area contributed by atoms with Gasteiger partial charge in [-0.15, -0.1) is 11.3 Å². The molecule has 0 spiro atoms. The Bertz CT molecular complexity index is 576. The fraction of sp³-hybridized carbons (Fsp3) is 0.583. The summed E-state index contributed by atoms with van der Waals surface area (Å²) in [7, 11) is -3.63. The van der Waals surface area contributed by atoms with Crippen LogP contribution in [-0.4, -0.2) is 50.1 Å². The zero-order valence-electron chi connectivity index (χ0n) is 11.2. The molecule has 20 heavy (non-hydrogen) atoms. The van der Waals surface area contributed by atoms with Gasteiger partial charge in [0.1, 0.15) is 4.88 Å². The summed E-state index contributed by atoms with van der Waals surface area (Å²) in [5, 5.41) is 10.2. The Balaban J connectivity index is 1.97. The Hall–Kier alpha value is -0.960. The summed E-state index contributed by atoms with van der Waals surface area (Å²) in [5.41, 5.74) is 0. The summed E-state index contributed by atoms with van der Waals surface area (Å²) >= 11 is 0.915. The molecule has 8 heteroatoms. The Morgan fingerprint density at radius 1 is 1.50 bits per heavy atom. The zero-order valence-corrected chi connectivity index (χ0v) is 12.8. The highest BCUT2D eigenvalue weighted by Crippen LogP contribution is 2.19. The van der Waals surface area contributed by atoms with E-state index in [2.05, 4.69) is 9.62 Å². The molecule has 1 saturated heterocycles.